The lowest BCUT2D eigenvalue weighted by molar-refractivity contribution is -0.245. The van der Waals surface area contributed by atoms with Crippen molar-refractivity contribution in [3.63, 3.8) is 0 Å². The summed E-state index contributed by atoms with van der Waals surface area (Å²) in [5, 5.41) is 12.3. The van der Waals surface area contributed by atoms with Gasteiger partial charge in [0.1, 0.15) is 12.4 Å². The zero-order valence-corrected chi connectivity index (χ0v) is 25.5. The minimum absolute atomic E-state index is 0.000828. The number of nitrogens with one attached hydrogen (secondary N) is 1. The predicted molar refractivity (Wildman–Crippen MR) is 172 cm³/mol. The molecule has 0 bridgehead atoms. The molecule has 1 fully saturated rings. The minimum Gasteiger partial charge on any atom is -0.496 e. The standard InChI is InChI=1S/C36H37NO6S/c1-3-18-41-36(39)37-22-26-8-6-9-28(19-26)29-10-7-11-30(20-29)35-42-31(24-44-34-13-5-4-12-32(34)40-2)21-33(43-35)27-16-14-25(23-38)15-17-27/h3-17,19-20,31,33,35,38H,1,18,21-24H2,2H3,(H,37,39). The van der Waals surface area contributed by atoms with Gasteiger partial charge < -0.3 is 29.4 Å². The lowest BCUT2D eigenvalue weighted by Gasteiger charge is -2.36. The summed E-state index contributed by atoms with van der Waals surface area (Å²) in [4.78, 5) is 12.9. The summed E-state index contributed by atoms with van der Waals surface area (Å²) in [6.45, 7) is 4.07. The molecule has 1 aliphatic heterocycles. The van der Waals surface area contributed by atoms with Gasteiger partial charge in [-0.1, -0.05) is 85.5 Å². The van der Waals surface area contributed by atoms with Gasteiger partial charge in [0.05, 0.1) is 25.9 Å². The van der Waals surface area contributed by atoms with E-state index < -0.39 is 12.4 Å². The number of rotatable bonds is 12. The summed E-state index contributed by atoms with van der Waals surface area (Å²) in [6.07, 6.45) is 0.917. The number of carbonyl (C=O) groups is 1. The van der Waals surface area contributed by atoms with Crippen molar-refractivity contribution in [2.24, 2.45) is 0 Å². The van der Waals surface area contributed by atoms with Crippen LogP contribution in [0.5, 0.6) is 5.75 Å². The molecule has 4 aromatic rings. The number of carbonyl (C=O) groups excluding carboxylic acids is 1. The molecule has 4 aromatic carbocycles. The van der Waals surface area contributed by atoms with E-state index in [0.717, 1.165) is 49.8 Å². The number of amides is 1. The third-order valence-corrected chi connectivity index (χ3v) is 8.48. The molecule has 1 saturated heterocycles. The smallest absolute Gasteiger partial charge is 0.407 e. The Bertz CT molecular complexity index is 1540. The lowest BCUT2D eigenvalue weighted by atomic mass is 9.99. The predicted octanol–water partition coefficient (Wildman–Crippen LogP) is 7.60. The highest BCUT2D eigenvalue weighted by molar-refractivity contribution is 7.99. The van der Waals surface area contributed by atoms with Crippen LogP contribution >= 0.6 is 11.8 Å². The van der Waals surface area contributed by atoms with Crippen molar-refractivity contribution in [1.82, 2.24) is 5.32 Å². The highest BCUT2D eigenvalue weighted by atomic mass is 32.2. The van der Waals surface area contributed by atoms with Crippen molar-refractivity contribution in [3.8, 4) is 16.9 Å². The van der Waals surface area contributed by atoms with Crippen LogP contribution in [0.3, 0.4) is 0 Å². The first-order valence-corrected chi connectivity index (χ1v) is 15.5. The normalized spacial score (nSPS) is 17.9. The fourth-order valence-electron chi connectivity index (χ4n) is 5.03. The number of benzene rings is 4. The van der Waals surface area contributed by atoms with E-state index in [1.807, 2.05) is 78.9 Å². The van der Waals surface area contributed by atoms with Crippen LogP contribution in [0.2, 0.25) is 0 Å². The second-order valence-electron chi connectivity index (χ2n) is 10.4. The molecule has 3 unspecified atom stereocenters. The third-order valence-electron chi connectivity index (χ3n) is 7.30. The van der Waals surface area contributed by atoms with Gasteiger partial charge in [-0.2, -0.15) is 0 Å². The van der Waals surface area contributed by atoms with Gasteiger partial charge in [0.25, 0.3) is 0 Å². The first-order valence-electron chi connectivity index (χ1n) is 14.5. The molecule has 1 heterocycles. The maximum Gasteiger partial charge on any atom is 0.407 e. The van der Waals surface area contributed by atoms with Gasteiger partial charge in [-0.3, -0.25) is 0 Å². The first-order chi connectivity index (χ1) is 21.6. The summed E-state index contributed by atoms with van der Waals surface area (Å²) < 4.78 is 23.7. The van der Waals surface area contributed by atoms with E-state index in [2.05, 4.69) is 30.1 Å². The number of aliphatic hydroxyl groups is 1. The zero-order chi connectivity index (χ0) is 30.7. The molecule has 0 aliphatic carbocycles. The van der Waals surface area contributed by atoms with Gasteiger partial charge in [0.2, 0.25) is 0 Å². The Balaban J connectivity index is 1.35. The molecule has 8 heteroatoms. The molecule has 3 atom stereocenters. The van der Waals surface area contributed by atoms with Crippen LogP contribution in [0.25, 0.3) is 11.1 Å². The second-order valence-corrected chi connectivity index (χ2v) is 11.4. The van der Waals surface area contributed by atoms with Crippen LogP contribution in [0.4, 0.5) is 4.79 Å². The van der Waals surface area contributed by atoms with E-state index in [1.54, 1.807) is 18.9 Å². The van der Waals surface area contributed by atoms with Gasteiger partial charge in [0.15, 0.2) is 6.29 Å². The Morgan fingerprint density at radius 3 is 2.50 bits per heavy atom. The quantitative estimate of drug-likeness (QED) is 0.126. The highest BCUT2D eigenvalue weighted by Gasteiger charge is 2.32. The highest BCUT2D eigenvalue weighted by Crippen LogP contribution is 2.41. The number of alkyl carbamates (subject to hydrolysis) is 1. The van der Waals surface area contributed by atoms with Crippen LogP contribution in [-0.4, -0.2) is 36.8 Å². The maximum atomic E-state index is 11.9. The number of ether oxygens (including phenoxy) is 4. The molecule has 228 valence electrons. The lowest BCUT2D eigenvalue weighted by Crippen LogP contribution is -2.31. The average Bonchev–Trinajstić information content (AvgIpc) is 3.09. The van der Waals surface area contributed by atoms with E-state index in [1.165, 1.54) is 6.08 Å². The molecule has 0 radical (unpaired) electrons. The van der Waals surface area contributed by atoms with Crippen molar-refractivity contribution >= 4 is 17.9 Å². The van der Waals surface area contributed by atoms with E-state index in [0.29, 0.717) is 13.0 Å². The summed E-state index contributed by atoms with van der Waals surface area (Å²) in [6, 6.07) is 32.1. The Labute approximate surface area is 262 Å². The van der Waals surface area contributed by atoms with Gasteiger partial charge >= 0.3 is 6.09 Å². The SMILES string of the molecule is C=CCOC(=O)NCc1cccc(-c2cccc(C3OC(CSc4ccccc4OC)CC(c4ccc(CO)cc4)O3)c2)c1. The molecule has 0 aromatic heterocycles. The zero-order valence-electron chi connectivity index (χ0n) is 24.7. The maximum absolute atomic E-state index is 11.9. The Hall–Kier alpha value is -4.08. The van der Waals surface area contributed by atoms with Gasteiger partial charge in [-0.25, -0.2) is 4.79 Å². The van der Waals surface area contributed by atoms with Gasteiger partial charge in [-0.15, -0.1) is 11.8 Å². The van der Waals surface area contributed by atoms with E-state index in [9.17, 15) is 9.90 Å². The number of hydrogen-bond donors (Lipinski definition) is 2. The van der Waals surface area contributed by atoms with Crippen molar-refractivity contribution in [2.45, 2.75) is 43.0 Å². The summed E-state index contributed by atoms with van der Waals surface area (Å²) in [5.74, 6) is 1.58. The number of hydrogen-bond acceptors (Lipinski definition) is 7. The van der Waals surface area contributed by atoms with Gasteiger partial charge in [-0.05, 0) is 52.1 Å². The first kappa shape index (κ1) is 31.3. The third kappa shape index (κ3) is 8.30. The van der Waals surface area contributed by atoms with E-state index in [-0.39, 0.29) is 25.4 Å². The van der Waals surface area contributed by atoms with E-state index in [4.69, 9.17) is 18.9 Å². The molecule has 0 saturated carbocycles. The number of para-hydroxylation sites is 1. The molecule has 0 spiro atoms. The van der Waals surface area contributed by atoms with Crippen LogP contribution < -0.4 is 10.1 Å². The number of aliphatic hydroxyl groups excluding tert-OH is 1. The molecule has 2 N–H and O–H groups in total. The van der Waals surface area contributed by atoms with Crippen LogP contribution in [0, 0.1) is 0 Å². The van der Waals surface area contributed by atoms with Crippen molar-refractivity contribution in [2.75, 3.05) is 19.5 Å². The minimum atomic E-state index is -0.570. The largest absolute Gasteiger partial charge is 0.496 e. The average molecular weight is 612 g/mol. The fraction of sp³-hybridized carbons (Fsp3) is 0.250. The molecule has 44 heavy (non-hydrogen) atoms. The Morgan fingerprint density at radius 1 is 0.955 bits per heavy atom. The molecule has 7 nitrogen and oxygen atoms in total. The Kier molecular flexibility index (Phi) is 11.1. The van der Waals surface area contributed by atoms with Crippen LogP contribution in [-0.2, 0) is 27.4 Å². The number of methoxy groups -OCH3 is 1. The Morgan fingerprint density at radius 2 is 1.73 bits per heavy atom. The summed E-state index contributed by atoms with van der Waals surface area (Å²) >= 11 is 1.71. The number of thioether (sulfide) groups is 1. The van der Waals surface area contributed by atoms with E-state index >= 15 is 0 Å². The van der Waals surface area contributed by atoms with Crippen LogP contribution in [0.15, 0.2) is 115 Å². The van der Waals surface area contributed by atoms with Crippen molar-refractivity contribution in [3.05, 3.63) is 132 Å². The monoisotopic (exact) mass is 611 g/mol. The van der Waals surface area contributed by atoms with Gasteiger partial charge in [0, 0.05) is 29.2 Å². The summed E-state index contributed by atoms with van der Waals surface area (Å²) in [7, 11) is 1.68. The summed E-state index contributed by atoms with van der Waals surface area (Å²) in [5.41, 5.74) is 5.81. The fourth-order valence-corrected chi connectivity index (χ4v) is 6.08. The van der Waals surface area contributed by atoms with Crippen molar-refractivity contribution in [1.29, 1.82) is 0 Å². The van der Waals surface area contributed by atoms with Crippen molar-refractivity contribution < 1.29 is 28.8 Å². The molecular formula is C36H37NO6S. The molecule has 1 aliphatic rings. The topological polar surface area (TPSA) is 86.3 Å². The molecular weight excluding hydrogens is 574 g/mol. The molecule has 5 rings (SSSR count). The molecule has 1 amide bonds. The second kappa shape index (κ2) is 15.6. The van der Waals surface area contributed by atoms with Crippen LogP contribution in [0.1, 0.15) is 41.1 Å².